The zero-order valence-electron chi connectivity index (χ0n) is 10.9. The molecule has 1 fully saturated rings. The van der Waals surface area contributed by atoms with Crippen molar-refractivity contribution in [3.8, 4) is 0 Å². The van der Waals surface area contributed by atoms with Crippen LogP contribution in [0.5, 0.6) is 0 Å². The minimum Gasteiger partial charge on any atom is -0.381 e. The Morgan fingerprint density at radius 3 is 2.72 bits per heavy atom. The van der Waals surface area contributed by atoms with Crippen LogP contribution in [-0.2, 0) is 11.2 Å². The molecule has 1 aliphatic rings. The highest BCUT2D eigenvalue weighted by Gasteiger charge is 2.22. The van der Waals surface area contributed by atoms with E-state index in [4.69, 9.17) is 10.5 Å². The van der Waals surface area contributed by atoms with Crippen molar-refractivity contribution in [3.63, 3.8) is 0 Å². The van der Waals surface area contributed by atoms with Crippen molar-refractivity contribution in [2.75, 3.05) is 31.6 Å². The summed E-state index contributed by atoms with van der Waals surface area (Å²) in [6.45, 7) is 2.24. The van der Waals surface area contributed by atoms with Gasteiger partial charge in [0.25, 0.3) is 0 Å². The summed E-state index contributed by atoms with van der Waals surface area (Å²) in [6, 6.07) is 5.25. The SMILES string of the molecule is COC1CCN(c2c(F)cccc2CCN)CC1. The number of anilines is 1. The molecule has 0 amide bonds. The van der Waals surface area contributed by atoms with Crippen molar-refractivity contribution in [1.82, 2.24) is 0 Å². The Hall–Kier alpha value is -1.13. The van der Waals surface area contributed by atoms with E-state index < -0.39 is 0 Å². The van der Waals surface area contributed by atoms with Crippen molar-refractivity contribution >= 4 is 5.69 Å². The Labute approximate surface area is 108 Å². The number of para-hydroxylation sites is 1. The lowest BCUT2D eigenvalue weighted by molar-refractivity contribution is 0.0818. The Morgan fingerprint density at radius 1 is 1.39 bits per heavy atom. The van der Waals surface area contributed by atoms with E-state index in [1.807, 2.05) is 6.07 Å². The van der Waals surface area contributed by atoms with Gasteiger partial charge in [-0.1, -0.05) is 12.1 Å². The predicted octanol–water partition coefficient (Wildman–Crippen LogP) is 1.94. The molecule has 2 rings (SSSR count). The van der Waals surface area contributed by atoms with Gasteiger partial charge in [-0.3, -0.25) is 0 Å². The number of ether oxygens (including phenoxy) is 1. The largest absolute Gasteiger partial charge is 0.381 e. The standard InChI is InChI=1S/C14H21FN2O/c1-18-12-6-9-17(10-7-12)14-11(5-8-16)3-2-4-13(14)15/h2-4,12H,5-10,16H2,1H3. The fourth-order valence-electron chi connectivity index (χ4n) is 2.59. The average Bonchev–Trinajstić information content (AvgIpc) is 2.40. The summed E-state index contributed by atoms with van der Waals surface area (Å²) in [5.41, 5.74) is 7.33. The van der Waals surface area contributed by atoms with Gasteiger partial charge in [0.05, 0.1) is 11.8 Å². The van der Waals surface area contributed by atoms with E-state index in [9.17, 15) is 4.39 Å². The lowest BCUT2D eigenvalue weighted by atomic mass is 10.0. The molecule has 1 heterocycles. The van der Waals surface area contributed by atoms with Crippen molar-refractivity contribution in [3.05, 3.63) is 29.6 Å². The zero-order valence-corrected chi connectivity index (χ0v) is 10.9. The molecule has 0 atom stereocenters. The highest BCUT2D eigenvalue weighted by molar-refractivity contribution is 5.55. The van der Waals surface area contributed by atoms with Crippen LogP contribution in [0.15, 0.2) is 18.2 Å². The van der Waals surface area contributed by atoms with E-state index in [0.29, 0.717) is 12.6 Å². The van der Waals surface area contributed by atoms with E-state index in [0.717, 1.165) is 43.6 Å². The Balaban J connectivity index is 2.17. The molecule has 100 valence electrons. The van der Waals surface area contributed by atoms with Crippen molar-refractivity contribution < 1.29 is 9.13 Å². The number of nitrogens with zero attached hydrogens (tertiary/aromatic N) is 1. The predicted molar refractivity (Wildman–Crippen MR) is 71.4 cm³/mol. The summed E-state index contributed by atoms with van der Waals surface area (Å²) in [7, 11) is 1.74. The molecule has 0 saturated carbocycles. The molecule has 0 radical (unpaired) electrons. The fraction of sp³-hybridized carbons (Fsp3) is 0.571. The first-order valence-corrected chi connectivity index (χ1v) is 6.51. The smallest absolute Gasteiger partial charge is 0.146 e. The summed E-state index contributed by atoms with van der Waals surface area (Å²) in [6.07, 6.45) is 2.93. The molecule has 3 nitrogen and oxygen atoms in total. The van der Waals surface area contributed by atoms with Gasteiger partial charge in [0.15, 0.2) is 0 Å². The maximum Gasteiger partial charge on any atom is 0.146 e. The molecule has 1 aromatic rings. The second kappa shape index (κ2) is 6.16. The fourth-order valence-corrected chi connectivity index (χ4v) is 2.59. The minimum absolute atomic E-state index is 0.142. The number of hydrogen-bond acceptors (Lipinski definition) is 3. The van der Waals surface area contributed by atoms with Crippen LogP contribution in [-0.4, -0.2) is 32.8 Å². The van der Waals surface area contributed by atoms with Gasteiger partial charge in [-0.25, -0.2) is 4.39 Å². The maximum atomic E-state index is 14.0. The van der Waals surface area contributed by atoms with Crippen LogP contribution in [0.1, 0.15) is 18.4 Å². The van der Waals surface area contributed by atoms with Crippen molar-refractivity contribution in [2.24, 2.45) is 5.73 Å². The summed E-state index contributed by atoms with van der Waals surface area (Å²) in [5, 5.41) is 0. The van der Waals surface area contributed by atoms with Crippen LogP contribution >= 0.6 is 0 Å². The van der Waals surface area contributed by atoms with Crippen LogP contribution in [0.4, 0.5) is 10.1 Å². The molecule has 1 saturated heterocycles. The van der Waals surface area contributed by atoms with E-state index >= 15 is 0 Å². The van der Waals surface area contributed by atoms with Gasteiger partial charge in [-0.2, -0.15) is 0 Å². The Bertz CT molecular complexity index is 389. The molecule has 0 spiro atoms. The normalized spacial score (nSPS) is 17.2. The van der Waals surface area contributed by atoms with Crippen LogP contribution in [0, 0.1) is 5.82 Å². The summed E-state index contributed by atoms with van der Waals surface area (Å²) in [5.74, 6) is -0.142. The van der Waals surface area contributed by atoms with Gasteiger partial charge in [-0.15, -0.1) is 0 Å². The number of methoxy groups -OCH3 is 1. The van der Waals surface area contributed by atoms with E-state index in [1.54, 1.807) is 13.2 Å². The molecule has 0 aromatic heterocycles. The quantitative estimate of drug-likeness (QED) is 0.890. The molecular weight excluding hydrogens is 231 g/mol. The number of halogens is 1. The third-order valence-electron chi connectivity index (χ3n) is 3.58. The molecule has 4 heteroatoms. The third-order valence-corrected chi connectivity index (χ3v) is 3.58. The molecule has 18 heavy (non-hydrogen) atoms. The van der Waals surface area contributed by atoms with E-state index in [1.165, 1.54) is 6.07 Å². The van der Waals surface area contributed by atoms with Crippen molar-refractivity contribution in [1.29, 1.82) is 0 Å². The number of rotatable bonds is 4. The topological polar surface area (TPSA) is 38.5 Å². The van der Waals surface area contributed by atoms with Crippen LogP contribution in [0.3, 0.4) is 0 Å². The zero-order chi connectivity index (χ0) is 13.0. The number of benzene rings is 1. The van der Waals surface area contributed by atoms with Gasteiger partial charge >= 0.3 is 0 Å². The number of piperidine rings is 1. The van der Waals surface area contributed by atoms with Gasteiger partial charge in [0.2, 0.25) is 0 Å². The monoisotopic (exact) mass is 252 g/mol. The summed E-state index contributed by atoms with van der Waals surface area (Å²) >= 11 is 0. The van der Waals surface area contributed by atoms with Gasteiger partial charge < -0.3 is 15.4 Å². The second-order valence-electron chi connectivity index (χ2n) is 4.71. The minimum atomic E-state index is -0.142. The molecule has 1 aromatic carbocycles. The number of nitrogens with two attached hydrogens (primary N) is 1. The molecule has 1 aliphatic heterocycles. The average molecular weight is 252 g/mol. The van der Waals surface area contributed by atoms with Crippen LogP contribution in [0.25, 0.3) is 0 Å². The summed E-state index contributed by atoms with van der Waals surface area (Å²) < 4.78 is 19.4. The Morgan fingerprint density at radius 2 is 2.11 bits per heavy atom. The third kappa shape index (κ3) is 2.82. The van der Waals surface area contributed by atoms with Gasteiger partial charge in [0, 0.05) is 20.2 Å². The first-order valence-electron chi connectivity index (χ1n) is 6.51. The molecule has 0 bridgehead atoms. The highest BCUT2D eigenvalue weighted by atomic mass is 19.1. The molecule has 2 N–H and O–H groups in total. The Kier molecular flexibility index (Phi) is 4.55. The van der Waals surface area contributed by atoms with Crippen molar-refractivity contribution in [2.45, 2.75) is 25.4 Å². The molecule has 0 unspecified atom stereocenters. The number of hydrogen-bond donors (Lipinski definition) is 1. The highest BCUT2D eigenvalue weighted by Crippen LogP contribution is 2.28. The van der Waals surface area contributed by atoms with Gasteiger partial charge in [-0.05, 0) is 37.4 Å². The first-order chi connectivity index (χ1) is 8.76. The second-order valence-corrected chi connectivity index (χ2v) is 4.71. The molecular formula is C14H21FN2O. The van der Waals surface area contributed by atoms with Gasteiger partial charge in [0.1, 0.15) is 5.82 Å². The van der Waals surface area contributed by atoms with Crippen LogP contribution < -0.4 is 10.6 Å². The van der Waals surface area contributed by atoms with E-state index in [-0.39, 0.29) is 5.82 Å². The maximum absolute atomic E-state index is 14.0. The lowest BCUT2D eigenvalue weighted by Gasteiger charge is -2.34. The first kappa shape index (κ1) is 13.3. The lowest BCUT2D eigenvalue weighted by Crippen LogP contribution is -2.37. The molecule has 0 aliphatic carbocycles. The van der Waals surface area contributed by atoms with E-state index in [2.05, 4.69) is 4.90 Å². The summed E-state index contributed by atoms with van der Waals surface area (Å²) in [4.78, 5) is 2.12. The van der Waals surface area contributed by atoms with Crippen LogP contribution in [0.2, 0.25) is 0 Å².